The molecular formula is C10H9F2NO2. The third-order valence-electron chi connectivity index (χ3n) is 2.19. The second-order valence-corrected chi connectivity index (χ2v) is 3.25. The highest BCUT2D eigenvalue weighted by Crippen LogP contribution is 2.20. The van der Waals surface area contributed by atoms with E-state index in [1.54, 1.807) is 0 Å². The van der Waals surface area contributed by atoms with Crippen molar-refractivity contribution in [2.75, 3.05) is 6.61 Å². The zero-order valence-electron chi connectivity index (χ0n) is 7.78. The van der Waals surface area contributed by atoms with E-state index in [9.17, 15) is 8.78 Å². The molecule has 1 aliphatic rings. The van der Waals surface area contributed by atoms with Gasteiger partial charge in [-0.05, 0) is 12.1 Å². The molecule has 1 aliphatic heterocycles. The van der Waals surface area contributed by atoms with Crippen molar-refractivity contribution < 1.29 is 18.7 Å². The van der Waals surface area contributed by atoms with Crippen LogP contribution in [-0.2, 0) is 4.84 Å². The van der Waals surface area contributed by atoms with Crippen molar-refractivity contribution in [3.63, 3.8) is 0 Å². The molecule has 0 saturated heterocycles. The number of hydrogen-bond donors (Lipinski definition) is 1. The van der Waals surface area contributed by atoms with E-state index in [2.05, 4.69) is 5.16 Å². The molecule has 15 heavy (non-hydrogen) atoms. The Bertz CT molecular complexity index is 386. The first-order chi connectivity index (χ1) is 7.22. The lowest BCUT2D eigenvalue weighted by atomic mass is 10.0. The summed E-state index contributed by atoms with van der Waals surface area (Å²) in [6, 6.07) is 3.61. The van der Waals surface area contributed by atoms with Crippen LogP contribution in [0.4, 0.5) is 8.78 Å². The largest absolute Gasteiger partial charge is 0.392 e. The van der Waals surface area contributed by atoms with E-state index in [4.69, 9.17) is 9.94 Å². The molecule has 5 heteroatoms. The number of aliphatic hydroxyl groups is 1. The van der Waals surface area contributed by atoms with E-state index in [0.717, 1.165) is 12.1 Å². The minimum absolute atomic E-state index is 0.173. The van der Waals surface area contributed by atoms with Crippen LogP contribution >= 0.6 is 0 Å². The van der Waals surface area contributed by atoms with Crippen LogP contribution in [0.5, 0.6) is 0 Å². The molecule has 0 spiro atoms. The standard InChI is InChI=1S/C10H9F2NO2/c11-7-2-1-3-8(12)10(7)9-4-6(5-14)15-13-9/h1-3,6,14H,4-5H2. The van der Waals surface area contributed by atoms with Gasteiger partial charge in [-0.2, -0.15) is 0 Å². The Morgan fingerprint density at radius 3 is 2.60 bits per heavy atom. The van der Waals surface area contributed by atoms with Crippen molar-refractivity contribution in [2.45, 2.75) is 12.5 Å². The van der Waals surface area contributed by atoms with Gasteiger partial charge in [-0.3, -0.25) is 0 Å². The highest BCUT2D eigenvalue weighted by atomic mass is 19.1. The summed E-state index contributed by atoms with van der Waals surface area (Å²) in [5.74, 6) is -1.34. The number of hydrogen-bond acceptors (Lipinski definition) is 3. The number of nitrogens with zero attached hydrogens (tertiary/aromatic N) is 1. The molecule has 1 unspecified atom stereocenters. The molecule has 0 aliphatic carbocycles. The van der Waals surface area contributed by atoms with Crippen molar-refractivity contribution in [3.05, 3.63) is 35.4 Å². The second kappa shape index (κ2) is 3.94. The Kier molecular flexibility index (Phi) is 2.64. The van der Waals surface area contributed by atoms with E-state index in [1.165, 1.54) is 6.07 Å². The van der Waals surface area contributed by atoms with Crippen molar-refractivity contribution >= 4 is 5.71 Å². The van der Waals surface area contributed by atoms with Crippen LogP contribution in [-0.4, -0.2) is 23.5 Å². The number of halogens is 2. The van der Waals surface area contributed by atoms with Gasteiger partial charge in [0.2, 0.25) is 0 Å². The average molecular weight is 213 g/mol. The summed E-state index contributed by atoms with van der Waals surface area (Å²) in [6.07, 6.45) is -0.284. The molecule has 0 saturated carbocycles. The van der Waals surface area contributed by atoms with Crippen LogP contribution in [0.1, 0.15) is 12.0 Å². The summed E-state index contributed by atoms with van der Waals surface area (Å²) in [4.78, 5) is 4.78. The average Bonchev–Trinajstić information content (AvgIpc) is 2.66. The predicted molar refractivity (Wildman–Crippen MR) is 49.5 cm³/mol. The van der Waals surface area contributed by atoms with Crippen LogP contribution in [0.15, 0.2) is 23.4 Å². The van der Waals surface area contributed by atoms with E-state index >= 15 is 0 Å². The maximum Gasteiger partial charge on any atom is 0.156 e. The predicted octanol–water partition coefficient (Wildman–Crippen LogP) is 1.45. The first-order valence-electron chi connectivity index (χ1n) is 4.50. The Morgan fingerprint density at radius 2 is 2.07 bits per heavy atom. The molecule has 0 aromatic heterocycles. The van der Waals surface area contributed by atoms with E-state index in [-0.39, 0.29) is 24.3 Å². The van der Waals surface area contributed by atoms with Crippen molar-refractivity contribution in [1.29, 1.82) is 0 Å². The molecule has 3 nitrogen and oxygen atoms in total. The number of oxime groups is 1. The molecular weight excluding hydrogens is 204 g/mol. The molecule has 1 aromatic carbocycles. The van der Waals surface area contributed by atoms with Gasteiger partial charge in [-0.15, -0.1) is 0 Å². The highest BCUT2D eigenvalue weighted by Gasteiger charge is 2.25. The normalized spacial score (nSPS) is 19.9. The van der Waals surface area contributed by atoms with Crippen molar-refractivity contribution in [2.24, 2.45) is 5.16 Å². The molecule has 2 rings (SSSR count). The summed E-state index contributed by atoms with van der Waals surface area (Å²) < 4.78 is 26.6. The van der Waals surface area contributed by atoms with Gasteiger partial charge in [0.15, 0.2) is 6.10 Å². The number of rotatable bonds is 2. The molecule has 1 atom stereocenters. The summed E-state index contributed by atoms with van der Waals surface area (Å²) in [7, 11) is 0. The third kappa shape index (κ3) is 1.83. The fourth-order valence-electron chi connectivity index (χ4n) is 1.45. The van der Waals surface area contributed by atoms with Gasteiger partial charge in [0.25, 0.3) is 0 Å². The Balaban J connectivity index is 2.31. The fraction of sp³-hybridized carbons (Fsp3) is 0.300. The van der Waals surface area contributed by atoms with Gasteiger partial charge in [-0.25, -0.2) is 8.78 Å². The van der Waals surface area contributed by atoms with Crippen LogP contribution in [0.2, 0.25) is 0 Å². The molecule has 1 aromatic rings. The molecule has 0 amide bonds. The third-order valence-corrected chi connectivity index (χ3v) is 2.19. The first kappa shape index (κ1) is 10.0. The van der Waals surface area contributed by atoms with Gasteiger partial charge >= 0.3 is 0 Å². The molecule has 0 fully saturated rings. The first-order valence-corrected chi connectivity index (χ1v) is 4.50. The van der Waals surface area contributed by atoms with Gasteiger partial charge in [0, 0.05) is 6.42 Å². The van der Waals surface area contributed by atoms with Crippen LogP contribution < -0.4 is 0 Å². The van der Waals surface area contributed by atoms with Gasteiger partial charge in [0.1, 0.15) is 11.6 Å². The second-order valence-electron chi connectivity index (χ2n) is 3.25. The molecule has 80 valence electrons. The SMILES string of the molecule is OCC1CC(c2c(F)cccc2F)=NO1. The number of benzene rings is 1. The summed E-state index contributed by atoms with van der Waals surface area (Å²) >= 11 is 0. The fourth-order valence-corrected chi connectivity index (χ4v) is 1.45. The van der Waals surface area contributed by atoms with Crippen LogP contribution in [0.3, 0.4) is 0 Å². The molecule has 0 bridgehead atoms. The molecule has 0 radical (unpaired) electrons. The maximum atomic E-state index is 13.3. The van der Waals surface area contributed by atoms with Crippen molar-refractivity contribution in [3.8, 4) is 0 Å². The topological polar surface area (TPSA) is 41.8 Å². The molecule has 1 N–H and O–H groups in total. The van der Waals surface area contributed by atoms with E-state index < -0.39 is 17.7 Å². The van der Waals surface area contributed by atoms with Gasteiger partial charge in [0.05, 0.1) is 17.9 Å². The quantitative estimate of drug-likeness (QED) is 0.807. The smallest absolute Gasteiger partial charge is 0.156 e. The lowest BCUT2D eigenvalue weighted by molar-refractivity contribution is 0.0390. The zero-order chi connectivity index (χ0) is 10.8. The van der Waals surface area contributed by atoms with E-state index in [1.807, 2.05) is 0 Å². The lowest BCUT2D eigenvalue weighted by Crippen LogP contribution is -2.14. The van der Waals surface area contributed by atoms with E-state index in [0.29, 0.717) is 0 Å². The monoisotopic (exact) mass is 213 g/mol. The van der Waals surface area contributed by atoms with Gasteiger partial charge < -0.3 is 9.94 Å². The molecule has 1 heterocycles. The summed E-state index contributed by atoms with van der Waals surface area (Å²) in [5.41, 5.74) is 0.0260. The number of aliphatic hydroxyl groups excluding tert-OH is 1. The maximum absolute atomic E-state index is 13.3. The Labute approximate surface area is 85.0 Å². The van der Waals surface area contributed by atoms with Gasteiger partial charge in [-0.1, -0.05) is 11.2 Å². The zero-order valence-corrected chi connectivity index (χ0v) is 7.78. The summed E-state index contributed by atoms with van der Waals surface area (Å²) in [6.45, 7) is -0.219. The highest BCUT2D eigenvalue weighted by molar-refractivity contribution is 6.01. The van der Waals surface area contributed by atoms with Crippen LogP contribution in [0.25, 0.3) is 0 Å². The minimum Gasteiger partial charge on any atom is -0.392 e. The lowest BCUT2D eigenvalue weighted by Gasteiger charge is -2.03. The Morgan fingerprint density at radius 1 is 1.40 bits per heavy atom. The minimum atomic E-state index is -0.670. The van der Waals surface area contributed by atoms with Crippen molar-refractivity contribution in [1.82, 2.24) is 0 Å². The summed E-state index contributed by atoms with van der Waals surface area (Å²) in [5, 5.41) is 12.3. The Hall–Kier alpha value is -1.49. The van der Waals surface area contributed by atoms with Crippen LogP contribution in [0, 0.1) is 11.6 Å².